The van der Waals surface area contributed by atoms with E-state index in [9.17, 15) is 4.79 Å². The van der Waals surface area contributed by atoms with Gasteiger partial charge in [0.2, 0.25) is 0 Å². The molecule has 100 valence electrons. The van der Waals surface area contributed by atoms with Crippen LogP contribution in [0, 0.1) is 0 Å². The first-order valence-corrected chi connectivity index (χ1v) is 6.69. The first-order valence-electron chi connectivity index (χ1n) is 6.69. The van der Waals surface area contributed by atoms with Gasteiger partial charge in [-0.3, -0.25) is 4.79 Å². The molecule has 0 amide bonds. The summed E-state index contributed by atoms with van der Waals surface area (Å²) in [5.74, 6) is 0.229. The molecule has 0 aliphatic heterocycles. The molecule has 2 N–H and O–H groups in total. The minimum atomic E-state index is 0.00588. The van der Waals surface area contributed by atoms with E-state index in [1.165, 1.54) is 5.56 Å². The Morgan fingerprint density at radius 1 is 1.22 bits per heavy atom. The number of carbonyl (C=O) groups is 1. The third-order valence-electron chi connectivity index (χ3n) is 3.24. The quantitative estimate of drug-likeness (QED) is 0.868. The zero-order valence-electron chi connectivity index (χ0n) is 12.0. The van der Waals surface area contributed by atoms with Gasteiger partial charge in [0, 0.05) is 18.9 Å². The maximum Gasteiger partial charge on any atom is 0.138 e. The number of rotatable bonds is 5. The fourth-order valence-corrected chi connectivity index (χ4v) is 1.86. The molecule has 0 saturated carbocycles. The number of nitrogens with two attached hydrogens (primary N) is 1. The smallest absolute Gasteiger partial charge is 0.138 e. The highest BCUT2D eigenvalue weighted by Crippen LogP contribution is 2.22. The summed E-state index contributed by atoms with van der Waals surface area (Å²) in [6.45, 7) is 8.57. The Hall–Kier alpha value is -1.15. The lowest BCUT2D eigenvalue weighted by Gasteiger charge is -2.19. The van der Waals surface area contributed by atoms with Crippen LogP contribution in [0.4, 0.5) is 0 Å². The average molecular weight is 247 g/mol. The second-order valence-corrected chi connectivity index (χ2v) is 6.03. The summed E-state index contributed by atoms with van der Waals surface area (Å²) in [6.07, 6.45) is 1.84. The monoisotopic (exact) mass is 247 g/mol. The molecule has 1 atom stereocenters. The van der Waals surface area contributed by atoms with Crippen molar-refractivity contribution in [2.75, 3.05) is 0 Å². The Labute approximate surface area is 111 Å². The van der Waals surface area contributed by atoms with E-state index in [0.29, 0.717) is 12.8 Å². The Kier molecular flexibility index (Phi) is 5.09. The van der Waals surface area contributed by atoms with Gasteiger partial charge in [0.25, 0.3) is 0 Å². The molecule has 1 aromatic rings. The summed E-state index contributed by atoms with van der Waals surface area (Å²) in [7, 11) is 0. The molecule has 0 aliphatic rings. The highest BCUT2D eigenvalue weighted by molar-refractivity contribution is 5.81. The van der Waals surface area contributed by atoms with Crippen LogP contribution < -0.4 is 5.73 Å². The van der Waals surface area contributed by atoms with E-state index >= 15 is 0 Å². The summed E-state index contributed by atoms with van der Waals surface area (Å²) in [5.41, 5.74) is 8.32. The van der Waals surface area contributed by atoms with Crippen molar-refractivity contribution in [1.29, 1.82) is 0 Å². The molecule has 1 rings (SSSR count). The van der Waals surface area contributed by atoms with Gasteiger partial charge in [0.15, 0.2) is 0 Å². The molecule has 2 heteroatoms. The zero-order chi connectivity index (χ0) is 13.8. The van der Waals surface area contributed by atoms with Gasteiger partial charge in [0.1, 0.15) is 5.78 Å². The molecule has 2 nitrogen and oxygen atoms in total. The lowest BCUT2D eigenvalue weighted by atomic mass is 9.86. The van der Waals surface area contributed by atoms with E-state index in [0.717, 1.165) is 12.0 Å². The van der Waals surface area contributed by atoms with E-state index < -0.39 is 0 Å². The number of hydrogen-bond donors (Lipinski definition) is 1. The molecule has 0 radical (unpaired) electrons. The van der Waals surface area contributed by atoms with Gasteiger partial charge in [-0.25, -0.2) is 0 Å². The van der Waals surface area contributed by atoms with Crippen LogP contribution in [-0.4, -0.2) is 11.8 Å². The predicted octanol–water partition coefficient (Wildman–Crippen LogP) is 3.22. The van der Waals surface area contributed by atoms with Crippen LogP contribution in [0.15, 0.2) is 24.3 Å². The van der Waals surface area contributed by atoms with E-state index in [-0.39, 0.29) is 17.2 Å². The molecule has 0 saturated heterocycles. The Morgan fingerprint density at radius 3 is 2.22 bits per heavy atom. The maximum absolute atomic E-state index is 11.8. The first-order chi connectivity index (χ1) is 8.32. The number of hydrogen-bond acceptors (Lipinski definition) is 2. The second kappa shape index (κ2) is 6.14. The Morgan fingerprint density at radius 2 is 1.78 bits per heavy atom. The standard InChI is InChI=1S/C16H25NO/c1-5-14(17)11-15(18)10-12-6-8-13(9-7-12)16(2,3)4/h6-9,14H,5,10-11,17H2,1-4H3. The largest absolute Gasteiger partial charge is 0.327 e. The molecule has 1 aromatic carbocycles. The third-order valence-corrected chi connectivity index (χ3v) is 3.24. The van der Waals surface area contributed by atoms with E-state index in [1.54, 1.807) is 0 Å². The predicted molar refractivity (Wildman–Crippen MR) is 76.7 cm³/mol. The summed E-state index contributed by atoms with van der Waals surface area (Å²) in [6, 6.07) is 8.34. The SMILES string of the molecule is CCC(N)CC(=O)Cc1ccc(C(C)(C)C)cc1. The topological polar surface area (TPSA) is 43.1 Å². The number of ketones is 1. The van der Waals surface area contributed by atoms with E-state index in [2.05, 4.69) is 45.0 Å². The Bertz CT molecular complexity index is 387. The van der Waals surface area contributed by atoms with Crippen molar-refractivity contribution in [1.82, 2.24) is 0 Å². The molecule has 0 aromatic heterocycles. The highest BCUT2D eigenvalue weighted by atomic mass is 16.1. The van der Waals surface area contributed by atoms with Crippen LogP contribution in [0.2, 0.25) is 0 Å². The van der Waals surface area contributed by atoms with Gasteiger partial charge in [-0.05, 0) is 23.0 Å². The number of benzene rings is 1. The van der Waals surface area contributed by atoms with E-state index in [4.69, 9.17) is 5.73 Å². The fraction of sp³-hybridized carbons (Fsp3) is 0.562. The van der Waals surface area contributed by atoms with Crippen LogP contribution in [0.5, 0.6) is 0 Å². The molecular formula is C16H25NO. The van der Waals surface area contributed by atoms with Gasteiger partial charge in [-0.1, -0.05) is 52.0 Å². The normalized spacial score (nSPS) is 13.4. The van der Waals surface area contributed by atoms with Crippen LogP contribution in [0.1, 0.15) is 51.7 Å². The minimum absolute atomic E-state index is 0.00588. The molecule has 0 spiro atoms. The first kappa shape index (κ1) is 14.9. The molecule has 0 heterocycles. The van der Waals surface area contributed by atoms with Crippen molar-refractivity contribution in [3.8, 4) is 0 Å². The van der Waals surface area contributed by atoms with Crippen molar-refractivity contribution >= 4 is 5.78 Å². The number of carbonyl (C=O) groups excluding carboxylic acids is 1. The number of Topliss-reactive ketones (excluding diaryl/α,β-unsaturated/α-hetero) is 1. The second-order valence-electron chi connectivity index (χ2n) is 6.03. The van der Waals surface area contributed by atoms with Crippen molar-refractivity contribution < 1.29 is 4.79 Å². The van der Waals surface area contributed by atoms with Crippen LogP contribution in [0.25, 0.3) is 0 Å². The highest BCUT2D eigenvalue weighted by Gasteiger charge is 2.13. The lowest BCUT2D eigenvalue weighted by Crippen LogP contribution is -2.23. The van der Waals surface area contributed by atoms with Gasteiger partial charge in [-0.2, -0.15) is 0 Å². The summed E-state index contributed by atoms with van der Waals surface area (Å²) in [5, 5.41) is 0. The summed E-state index contributed by atoms with van der Waals surface area (Å²) < 4.78 is 0. The molecular weight excluding hydrogens is 222 g/mol. The Balaban J connectivity index is 2.61. The van der Waals surface area contributed by atoms with Crippen molar-refractivity contribution in [3.05, 3.63) is 35.4 Å². The van der Waals surface area contributed by atoms with Crippen LogP contribution in [-0.2, 0) is 16.6 Å². The van der Waals surface area contributed by atoms with Gasteiger partial charge in [-0.15, -0.1) is 0 Å². The zero-order valence-corrected chi connectivity index (χ0v) is 12.0. The minimum Gasteiger partial charge on any atom is -0.327 e. The average Bonchev–Trinajstić information content (AvgIpc) is 2.28. The molecule has 18 heavy (non-hydrogen) atoms. The van der Waals surface area contributed by atoms with Gasteiger partial charge >= 0.3 is 0 Å². The maximum atomic E-state index is 11.8. The van der Waals surface area contributed by atoms with Gasteiger partial charge < -0.3 is 5.73 Å². The lowest BCUT2D eigenvalue weighted by molar-refractivity contribution is -0.118. The molecule has 1 unspecified atom stereocenters. The fourth-order valence-electron chi connectivity index (χ4n) is 1.86. The van der Waals surface area contributed by atoms with Crippen LogP contribution in [0.3, 0.4) is 0 Å². The summed E-state index contributed by atoms with van der Waals surface area (Å²) >= 11 is 0. The van der Waals surface area contributed by atoms with Crippen molar-refractivity contribution in [2.45, 2.75) is 58.4 Å². The van der Waals surface area contributed by atoms with Crippen molar-refractivity contribution in [3.63, 3.8) is 0 Å². The summed E-state index contributed by atoms with van der Waals surface area (Å²) in [4.78, 5) is 11.8. The third kappa shape index (κ3) is 4.61. The molecule has 0 bridgehead atoms. The van der Waals surface area contributed by atoms with E-state index in [1.807, 2.05) is 6.92 Å². The van der Waals surface area contributed by atoms with Crippen molar-refractivity contribution in [2.24, 2.45) is 5.73 Å². The van der Waals surface area contributed by atoms with Crippen LogP contribution >= 0.6 is 0 Å². The molecule has 0 aliphatic carbocycles. The van der Waals surface area contributed by atoms with Gasteiger partial charge in [0.05, 0.1) is 0 Å². The molecule has 0 fully saturated rings.